The lowest BCUT2D eigenvalue weighted by Crippen LogP contribution is -2.26. The molecule has 0 aliphatic rings. The molecule has 0 spiro atoms. The number of carbonyl (C=O) groups excluding carboxylic acids is 1. The summed E-state index contributed by atoms with van der Waals surface area (Å²) in [6.45, 7) is 4.13. The van der Waals surface area contributed by atoms with Crippen molar-refractivity contribution in [3.63, 3.8) is 0 Å². The van der Waals surface area contributed by atoms with Gasteiger partial charge in [0.1, 0.15) is 0 Å². The second kappa shape index (κ2) is 7.13. The fourth-order valence-corrected chi connectivity index (χ4v) is 2.59. The van der Waals surface area contributed by atoms with E-state index in [1.165, 1.54) is 5.56 Å². The van der Waals surface area contributed by atoms with E-state index in [1.807, 2.05) is 43.5 Å². The molecule has 3 rings (SSSR count). The summed E-state index contributed by atoms with van der Waals surface area (Å²) in [5.74, 6) is -0.0749. The Morgan fingerprint density at radius 3 is 2.42 bits per heavy atom. The Bertz CT molecular complexity index is 790. The molecule has 0 radical (unpaired) electrons. The van der Waals surface area contributed by atoms with E-state index in [2.05, 4.69) is 41.6 Å². The maximum Gasteiger partial charge on any atom is 0.251 e. The number of hydrogen-bond acceptors (Lipinski definition) is 2. The molecule has 0 saturated heterocycles. The summed E-state index contributed by atoms with van der Waals surface area (Å²) in [6, 6.07) is 17.6. The number of rotatable bonds is 5. The van der Waals surface area contributed by atoms with Crippen LogP contribution in [0.2, 0.25) is 0 Å². The van der Waals surface area contributed by atoms with E-state index in [-0.39, 0.29) is 11.9 Å². The molecule has 0 aliphatic carbocycles. The van der Waals surface area contributed by atoms with Crippen molar-refractivity contribution in [3.8, 4) is 5.69 Å². The van der Waals surface area contributed by atoms with E-state index in [4.69, 9.17) is 0 Å². The van der Waals surface area contributed by atoms with Crippen LogP contribution in [0.3, 0.4) is 0 Å². The molecular weight excluding hydrogens is 298 g/mol. The third-order valence-corrected chi connectivity index (χ3v) is 4.13. The summed E-state index contributed by atoms with van der Waals surface area (Å²) in [5, 5.41) is 7.22. The van der Waals surface area contributed by atoms with Crippen molar-refractivity contribution >= 4 is 5.91 Å². The molecule has 1 aromatic heterocycles. The molecule has 24 heavy (non-hydrogen) atoms. The van der Waals surface area contributed by atoms with Gasteiger partial charge in [0.15, 0.2) is 0 Å². The van der Waals surface area contributed by atoms with Crippen molar-refractivity contribution in [2.24, 2.45) is 0 Å². The monoisotopic (exact) mass is 319 g/mol. The zero-order valence-corrected chi connectivity index (χ0v) is 13.9. The van der Waals surface area contributed by atoms with Crippen LogP contribution >= 0.6 is 0 Å². The summed E-state index contributed by atoms with van der Waals surface area (Å²) in [6.07, 6.45) is 4.62. The molecule has 1 atom stereocenters. The van der Waals surface area contributed by atoms with Gasteiger partial charge in [-0.2, -0.15) is 5.10 Å². The van der Waals surface area contributed by atoms with Crippen LogP contribution < -0.4 is 5.32 Å². The standard InChI is InChI=1S/C20H21N3O/c1-3-16-5-7-17(8-6-16)15(2)22-20(24)18-9-11-19(12-10-18)23-14-4-13-21-23/h4-15H,3H2,1-2H3,(H,22,24). The van der Waals surface area contributed by atoms with E-state index >= 15 is 0 Å². The van der Waals surface area contributed by atoms with Crippen molar-refractivity contribution < 1.29 is 4.79 Å². The molecule has 1 heterocycles. The minimum absolute atomic E-state index is 0.0331. The number of nitrogens with one attached hydrogen (secondary N) is 1. The van der Waals surface area contributed by atoms with Crippen molar-refractivity contribution in [2.75, 3.05) is 0 Å². The molecular formula is C20H21N3O. The lowest BCUT2D eigenvalue weighted by Gasteiger charge is -2.15. The van der Waals surface area contributed by atoms with Crippen LogP contribution in [0.25, 0.3) is 5.69 Å². The number of carbonyl (C=O) groups is 1. The maximum atomic E-state index is 12.4. The van der Waals surface area contributed by atoms with Crippen LogP contribution in [0.15, 0.2) is 67.0 Å². The van der Waals surface area contributed by atoms with Gasteiger partial charge in [-0.05, 0) is 54.8 Å². The highest BCUT2D eigenvalue weighted by Gasteiger charge is 2.11. The minimum Gasteiger partial charge on any atom is -0.346 e. The molecule has 4 nitrogen and oxygen atoms in total. The second-order valence-corrected chi connectivity index (χ2v) is 5.79. The molecule has 0 bridgehead atoms. The molecule has 2 aromatic carbocycles. The average molecular weight is 319 g/mol. The van der Waals surface area contributed by atoms with Gasteiger partial charge in [-0.15, -0.1) is 0 Å². The van der Waals surface area contributed by atoms with Crippen molar-refractivity contribution in [2.45, 2.75) is 26.3 Å². The predicted molar refractivity (Wildman–Crippen MR) is 95.3 cm³/mol. The Labute approximate surface area is 142 Å². The number of aryl methyl sites for hydroxylation is 1. The van der Waals surface area contributed by atoms with Gasteiger partial charge in [-0.3, -0.25) is 4.79 Å². The van der Waals surface area contributed by atoms with E-state index in [1.54, 1.807) is 10.9 Å². The van der Waals surface area contributed by atoms with Gasteiger partial charge >= 0.3 is 0 Å². The first kappa shape index (κ1) is 16.0. The van der Waals surface area contributed by atoms with Crippen LogP contribution in [-0.2, 0) is 6.42 Å². The zero-order chi connectivity index (χ0) is 16.9. The van der Waals surface area contributed by atoms with Gasteiger partial charge in [0.25, 0.3) is 5.91 Å². The summed E-state index contributed by atoms with van der Waals surface area (Å²) in [7, 11) is 0. The van der Waals surface area contributed by atoms with Crippen LogP contribution in [0.5, 0.6) is 0 Å². The van der Waals surface area contributed by atoms with Crippen LogP contribution in [0.1, 0.15) is 41.4 Å². The maximum absolute atomic E-state index is 12.4. The first-order valence-electron chi connectivity index (χ1n) is 8.17. The first-order chi connectivity index (χ1) is 11.7. The highest BCUT2D eigenvalue weighted by molar-refractivity contribution is 5.94. The third kappa shape index (κ3) is 3.54. The topological polar surface area (TPSA) is 46.9 Å². The number of aromatic nitrogens is 2. The lowest BCUT2D eigenvalue weighted by molar-refractivity contribution is 0.0940. The van der Waals surface area contributed by atoms with E-state index in [9.17, 15) is 4.79 Å². The number of benzene rings is 2. The van der Waals surface area contributed by atoms with E-state index in [0.717, 1.165) is 17.7 Å². The lowest BCUT2D eigenvalue weighted by atomic mass is 10.0. The average Bonchev–Trinajstić information content (AvgIpc) is 3.16. The van der Waals surface area contributed by atoms with Gasteiger partial charge < -0.3 is 5.32 Å². The largest absolute Gasteiger partial charge is 0.346 e. The Kier molecular flexibility index (Phi) is 4.75. The van der Waals surface area contributed by atoms with Crippen molar-refractivity contribution in [1.29, 1.82) is 0 Å². The molecule has 1 amide bonds. The molecule has 3 aromatic rings. The predicted octanol–water partition coefficient (Wildman–Crippen LogP) is 3.93. The normalized spacial score (nSPS) is 11.9. The zero-order valence-electron chi connectivity index (χ0n) is 13.9. The Morgan fingerprint density at radius 2 is 1.83 bits per heavy atom. The summed E-state index contributed by atoms with van der Waals surface area (Å²) < 4.78 is 1.76. The van der Waals surface area contributed by atoms with Gasteiger partial charge in [-0.1, -0.05) is 31.2 Å². The van der Waals surface area contributed by atoms with Gasteiger partial charge in [-0.25, -0.2) is 4.68 Å². The van der Waals surface area contributed by atoms with E-state index < -0.39 is 0 Å². The van der Waals surface area contributed by atoms with Crippen LogP contribution in [0.4, 0.5) is 0 Å². The van der Waals surface area contributed by atoms with Gasteiger partial charge in [0, 0.05) is 18.0 Å². The Balaban J connectivity index is 1.67. The van der Waals surface area contributed by atoms with Crippen LogP contribution in [-0.4, -0.2) is 15.7 Å². The number of amides is 1. The summed E-state index contributed by atoms with van der Waals surface area (Å²) >= 11 is 0. The minimum atomic E-state index is -0.0749. The molecule has 0 fully saturated rings. The van der Waals surface area contributed by atoms with Gasteiger partial charge in [0.05, 0.1) is 11.7 Å². The summed E-state index contributed by atoms with van der Waals surface area (Å²) in [5.41, 5.74) is 3.97. The van der Waals surface area contributed by atoms with Gasteiger partial charge in [0.2, 0.25) is 0 Å². The smallest absolute Gasteiger partial charge is 0.251 e. The molecule has 1 N–H and O–H groups in total. The van der Waals surface area contributed by atoms with Crippen LogP contribution in [0, 0.1) is 0 Å². The Hall–Kier alpha value is -2.88. The first-order valence-corrected chi connectivity index (χ1v) is 8.17. The SMILES string of the molecule is CCc1ccc(C(C)NC(=O)c2ccc(-n3cccn3)cc2)cc1. The highest BCUT2D eigenvalue weighted by atomic mass is 16.1. The summed E-state index contributed by atoms with van der Waals surface area (Å²) in [4.78, 5) is 12.4. The molecule has 0 aliphatic heterocycles. The molecule has 1 unspecified atom stereocenters. The molecule has 122 valence electrons. The third-order valence-electron chi connectivity index (χ3n) is 4.13. The fraction of sp³-hybridized carbons (Fsp3) is 0.200. The number of nitrogens with zero attached hydrogens (tertiary/aromatic N) is 2. The Morgan fingerprint density at radius 1 is 1.12 bits per heavy atom. The van der Waals surface area contributed by atoms with E-state index in [0.29, 0.717) is 5.56 Å². The number of hydrogen-bond donors (Lipinski definition) is 1. The van der Waals surface area contributed by atoms with Crippen molar-refractivity contribution in [1.82, 2.24) is 15.1 Å². The molecule has 0 saturated carbocycles. The second-order valence-electron chi connectivity index (χ2n) is 5.79. The van der Waals surface area contributed by atoms with Crippen molar-refractivity contribution in [3.05, 3.63) is 83.7 Å². The highest BCUT2D eigenvalue weighted by Crippen LogP contribution is 2.15. The fourth-order valence-electron chi connectivity index (χ4n) is 2.59. The quantitative estimate of drug-likeness (QED) is 0.774. The molecule has 4 heteroatoms.